The van der Waals surface area contributed by atoms with Gasteiger partial charge in [0.2, 0.25) is 0 Å². The Bertz CT molecular complexity index is 734. The minimum absolute atomic E-state index is 0.339. The van der Waals surface area contributed by atoms with Crippen molar-refractivity contribution in [2.75, 3.05) is 18.6 Å². The Morgan fingerprint density at radius 1 is 1.17 bits per heavy atom. The highest BCUT2D eigenvalue weighted by molar-refractivity contribution is 5.52. The molecule has 0 aliphatic carbocycles. The Morgan fingerprint density at radius 3 is 2.58 bits per heavy atom. The number of hydrogen-bond acceptors (Lipinski definition) is 4. The summed E-state index contributed by atoms with van der Waals surface area (Å²) in [5.74, 6) is 2.46. The highest BCUT2D eigenvalue weighted by Gasteiger charge is 2.24. The van der Waals surface area contributed by atoms with Crippen LogP contribution in [0.4, 0.5) is 5.69 Å². The van der Waals surface area contributed by atoms with Crippen LogP contribution in [0.15, 0.2) is 42.5 Å². The zero-order valence-electron chi connectivity index (χ0n) is 14.2. The molecule has 1 saturated heterocycles. The number of nitrogens with zero attached hydrogens (tertiary/aromatic N) is 2. The van der Waals surface area contributed by atoms with Gasteiger partial charge in [0.05, 0.1) is 19.6 Å². The lowest BCUT2D eigenvalue weighted by molar-refractivity contribution is 0.412. The molecule has 0 N–H and O–H groups in total. The van der Waals surface area contributed by atoms with E-state index in [9.17, 15) is 0 Å². The lowest BCUT2D eigenvalue weighted by Crippen LogP contribution is -2.28. The number of benzene rings is 2. The average Bonchev–Trinajstić information content (AvgIpc) is 3.06. The SMILES string of the molecule is COc1ccc(Oc2ccc(N3CCC[C@H]3CC#N)cc2)c(C)c1. The van der Waals surface area contributed by atoms with Gasteiger partial charge < -0.3 is 14.4 Å². The van der Waals surface area contributed by atoms with Crippen molar-refractivity contribution >= 4 is 5.69 Å². The van der Waals surface area contributed by atoms with Crippen LogP contribution in [-0.4, -0.2) is 19.7 Å². The van der Waals surface area contributed by atoms with Crippen molar-refractivity contribution in [3.63, 3.8) is 0 Å². The summed E-state index contributed by atoms with van der Waals surface area (Å²) in [6, 6.07) is 16.5. The Balaban J connectivity index is 1.72. The van der Waals surface area contributed by atoms with Gasteiger partial charge in [-0.3, -0.25) is 0 Å². The fourth-order valence-corrected chi connectivity index (χ4v) is 3.19. The summed E-state index contributed by atoms with van der Waals surface area (Å²) in [7, 11) is 1.66. The molecule has 1 fully saturated rings. The Morgan fingerprint density at radius 2 is 1.92 bits per heavy atom. The second-order valence-corrected chi connectivity index (χ2v) is 6.08. The molecule has 0 aromatic heterocycles. The topological polar surface area (TPSA) is 45.5 Å². The maximum Gasteiger partial charge on any atom is 0.130 e. The van der Waals surface area contributed by atoms with E-state index in [1.165, 1.54) is 0 Å². The molecule has 0 spiro atoms. The smallest absolute Gasteiger partial charge is 0.130 e. The van der Waals surface area contributed by atoms with Crippen LogP contribution in [0.1, 0.15) is 24.8 Å². The first-order valence-corrected chi connectivity index (χ1v) is 8.27. The Hall–Kier alpha value is -2.67. The van der Waals surface area contributed by atoms with Crippen LogP contribution in [0.3, 0.4) is 0 Å². The molecule has 1 aliphatic heterocycles. The minimum Gasteiger partial charge on any atom is -0.497 e. The predicted molar refractivity (Wildman–Crippen MR) is 94.8 cm³/mol. The molecule has 1 aliphatic rings. The van der Waals surface area contributed by atoms with Crippen molar-refractivity contribution in [2.45, 2.75) is 32.2 Å². The summed E-state index contributed by atoms with van der Waals surface area (Å²) in [6.07, 6.45) is 2.83. The molecule has 1 atom stereocenters. The van der Waals surface area contributed by atoms with Gasteiger partial charge in [0.15, 0.2) is 0 Å². The summed E-state index contributed by atoms with van der Waals surface area (Å²) in [6.45, 7) is 3.02. The van der Waals surface area contributed by atoms with Crippen molar-refractivity contribution in [3.05, 3.63) is 48.0 Å². The number of nitriles is 1. The molecule has 24 heavy (non-hydrogen) atoms. The normalized spacial score (nSPS) is 16.7. The standard InChI is InChI=1S/C20H22N2O2/c1-15-14-19(23-2)9-10-20(15)24-18-7-5-17(6-8-18)22-13-3-4-16(22)11-12-21/h5-10,14,16H,3-4,11,13H2,1-2H3/t16-/m0/s1. The summed E-state index contributed by atoms with van der Waals surface area (Å²) < 4.78 is 11.2. The molecule has 1 heterocycles. The quantitative estimate of drug-likeness (QED) is 0.802. The van der Waals surface area contributed by atoms with Crippen molar-refractivity contribution in [1.82, 2.24) is 0 Å². The third kappa shape index (κ3) is 3.46. The number of anilines is 1. The van der Waals surface area contributed by atoms with Gasteiger partial charge in [-0.15, -0.1) is 0 Å². The highest BCUT2D eigenvalue weighted by Crippen LogP contribution is 2.31. The lowest BCUT2D eigenvalue weighted by Gasteiger charge is -2.25. The van der Waals surface area contributed by atoms with Crippen LogP contribution < -0.4 is 14.4 Å². The van der Waals surface area contributed by atoms with Crippen LogP contribution in [0.25, 0.3) is 0 Å². The molecule has 3 rings (SSSR count). The first-order valence-electron chi connectivity index (χ1n) is 8.27. The molecule has 4 nitrogen and oxygen atoms in total. The second kappa shape index (κ2) is 7.27. The van der Waals surface area contributed by atoms with Crippen LogP contribution in [0, 0.1) is 18.3 Å². The zero-order valence-corrected chi connectivity index (χ0v) is 14.2. The van der Waals surface area contributed by atoms with Crippen LogP contribution in [-0.2, 0) is 0 Å². The number of ether oxygens (including phenoxy) is 2. The second-order valence-electron chi connectivity index (χ2n) is 6.08. The number of rotatable bonds is 5. The fraction of sp³-hybridized carbons (Fsp3) is 0.350. The first-order chi connectivity index (χ1) is 11.7. The van der Waals surface area contributed by atoms with E-state index in [0.717, 1.165) is 47.9 Å². The molecule has 2 aromatic rings. The molecular weight excluding hydrogens is 300 g/mol. The summed E-state index contributed by atoms with van der Waals surface area (Å²) in [5.41, 5.74) is 2.19. The zero-order chi connectivity index (χ0) is 16.9. The van der Waals surface area contributed by atoms with Gasteiger partial charge in [0.25, 0.3) is 0 Å². The van der Waals surface area contributed by atoms with Gasteiger partial charge >= 0.3 is 0 Å². The van der Waals surface area contributed by atoms with Gasteiger partial charge in [-0.2, -0.15) is 5.26 Å². The van der Waals surface area contributed by atoms with E-state index in [1.807, 2.05) is 37.3 Å². The van der Waals surface area contributed by atoms with Crippen molar-refractivity contribution in [3.8, 4) is 23.3 Å². The van der Waals surface area contributed by atoms with Gasteiger partial charge in [-0.25, -0.2) is 0 Å². The van der Waals surface area contributed by atoms with Crippen LogP contribution >= 0.6 is 0 Å². The van der Waals surface area contributed by atoms with Crippen LogP contribution in [0.5, 0.6) is 17.2 Å². The lowest BCUT2D eigenvalue weighted by atomic mass is 10.1. The van der Waals surface area contributed by atoms with E-state index in [4.69, 9.17) is 14.7 Å². The van der Waals surface area contributed by atoms with Gasteiger partial charge in [0, 0.05) is 18.3 Å². The molecule has 0 amide bonds. The van der Waals surface area contributed by atoms with E-state index in [2.05, 4.69) is 23.1 Å². The third-order valence-electron chi connectivity index (χ3n) is 4.48. The summed E-state index contributed by atoms with van der Waals surface area (Å²) in [5, 5.41) is 8.96. The third-order valence-corrected chi connectivity index (χ3v) is 4.48. The first kappa shape index (κ1) is 16.2. The van der Waals surface area contributed by atoms with Crippen molar-refractivity contribution < 1.29 is 9.47 Å². The van der Waals surface area contributed by atoms with Gasteiger partial charge in [0.1, 0.15) is 17.2 Å². The number of methoxy groups -OCH3 is 1. The molecule has 0 radical (unpaired) electrons. The highest BCUT2D eigenvalue weighted by atomic mass is 16.5. The largest absolute Gasteiger partial charge is 0.497 e. The molecule has 0 unspecified atom stereocenters. The monoisotopic (exact) mass is 322 g/mol. The van der Waals surface area contributed by atoms with Crippen LogP contribution in [0.2, 0.25) is 0 Å². The summed E-state index contributed by atoms with van der Waals surface area (Å²) >= 11 is 0. The molecule has 4 heteroatoms. The summed E-state index contributed by atoms with van der Waals surface area (Å²) in [4.78, 5) is 2.33. The fourth-order valence-electron chi connectivity index (χ4n) is 3.19. The van der Waals surface area contributed by atoms with Crippen molar-refractivity contribution in [1.29, 1.82) is 5.26 Å². The van der Waals surface area contributed by atoms with E-state index in [0.29, 0.717) is 12.5 Å². The molecule has 124 valence electrons. The maximum atomic E-state index is 8.96. The Kier molecular flexibility index (Phi) is 4.90. The van der Waals surface area contributed by atoms with Crippen molar-refractivity contribution in [2.24, 2.45) is 0 Å². The van der Waals surface area contributed by atoms with Gasteiger partial charge in [-0.1, -0.05) is 0 Å². The maximum absolute atomic E-state index is 8.96. The molecule has 0 bridgehead atoms. The molecular formula is C20H22N2O2. The minimum atomic E-state index is 0.339. The Labute approximate surface area is 143 Å². The average molecular weight is 322 g/mol. The number of aryl methyl sites for hydroxylation is 1. The van der Waals surface area contributed by atoms with E-state index >= 15 is 0 Å². The van der Waals surface area contributed by atoms with E-state index in [-0.39, 0.29) is 0 Å². The number of hydrogen-bond donors (Lipinski definition) is 0. The van der Waals surface area contributed by atoms with E-state index in [1.54, 1.807) is 7.11 Å². The molecule has 0 saturated carbocycles. The predicted octanol–water partition coefficient (Wildman–Crippen LogP) is 4.68. The van der Waals surface area contributed by atoms with Gasteiger partial charge in [-0.05, 0) is 67.8 Å². The van der Waals surface area contributed by atoms with E-state index < -0.39 is 0 Å². The molecule has 2 aromatic carbocycles.